The lowest BCUT2D eigenvalue weighted by Gasteiger charge is -2.32. The van der Waals surface area contributed by atoms with Crippen LogP contribution >= 0.6 is 0 Å². The molecule has 0 bridgehead atoms. The van der Waals surface area contributed by atoms with Crippen molar-refractivity contribution in [1.29, 1.82) is 0 Å². The number of likely N-dealkylation sites (tertiary alicyclic amines) is 1. The molecule has 6 nitrogen and oxygen atoms in total. The van der Waals surface area contributed by atoms with Gasteiger partial charge in [-0.15, -0.1) is 0 Å². The van der Waals surface area contributed by atoms with Crippen molar-refractivity contribution in [3.05, 3.63) is 36.0 Å². The molecule has 2 aromatic rings. The van der Waals surface area contributed by atoms with Gasteiger partial charge in [0.25, 0.3) is 0 Å². The molecule has 0 radical (unpaired) electrons. The zero-order valence-corrected chi connectivity index (χ0v) is 13.4. The monoisotopic (exact) mass is 300 g/mol. The van der Waals surface area contributed by atoms with E-state index in [-0.39, 0.29) is 0 Å². The second-order valence-corrected chi connectivity index (χ2v) is 6.07. The van der Waals surface area contributed by atoms with E-state index in [0.29, 0.717) is 5.92 Å². The third-order valence-electron chi connectivity index (χ3n) is 4.26. The molecule has 118 valence electrons. The molecule has 0 aliphatic carbocycles. The molecule has 3 heterocycles. The number of piperidine rings is 1. The van der Waals surface area contributed by atoms with E-state index in [1.807, 2.05) is 25.0 Å². The summed E-state index contributed by atoms with van der Waals surface area (Å²) in [6.07, 6.45) is 11.1. The molecule has 1 fully saturated rings. The van der Waals surface area contributed by atoms with Crippen LogP contribution < -0.4 is 5.32 Å². The summed E-state index contributed by atoms with van der Waals surface area (Å²) in [6.45, 7) is 3.28. The van der Waals surface area contributed by atoms with Gasteiger partial charge in [-0.3, -0.25) is 14.6 Å². The summed E-state index contributed by atoms with van der Waals surface area (Å²) < 4.78 is 1.87. The van der Waals surface area contributed by atoms with Gasteiger partial charge in [-0.1, -0.05) is 0 Å². The molecule has 0 amide bonds. The summed E-state index contributed by atoms with van der Waals surface area (Å²) in [7, 11) is 3.87. The minimum atomic E-state index is 0.647. The van der Waals surface area contributed by atoms with Gasteiger partial charge < -0.3 is 5.32 Å². The Balaban J connectivity index is 1.60. The molecule has 0 saturated carbocycles. The van der Waals surface area contributed by atoms with Gasteiger partial charge in [0, 0.05) is 51.3 Å². The topological polar surface area (TPSA) is 58.9 Å². The third kappa shape index (κ3) is 3.62. The van der Waals surface area contributed by atoms with Crippen molar-refractivity contribution in [2.24, 2.45) is 13.0 Å². The number of hydrogen-bond acceptors (Lipinski definition) is 5. The molecule has 22 heavy (non-hydrogen) atoms. The highest BCUT2D eigenvalue weighted by Crippen LogP contribution is 2.23. The first-order valence-electron chi connectivity index (χ1n) is 7.92. The lowest BCUT2D eigenvalue weighted by molar-refractivity contribution is 0.166. The third-order valence-corrected chi connectivity index (χ3v) is 4.26. The Morgan fingerprint density at radius 2 is 2.18 bits per heavy atom. The lowest BCUT2D eigenvalue weighted by Crippen LogP contribution is -2.35. The van der Waals surface area contributed by atoms with Crippen molar-refractivity contribution >= 4 is 5.82 Å². The smallest absolute Gasteiger partial charge is 0.147 e. The van der Waals surface area contributed by atoms with Crippen LogP contribution in [0.25, 0.3) is 0 Å². The normalized spacial score (nSPS) is 19.3. The number of nitrogens with one attached hydrogen (secondary N) is 1. The minimum absolute atomic E-state index is 0.647. The molecule has 1 saturated heterocycles. The van der Waals surface area contributed by atoms with Crippen molar-refractivity contribution in [2.45, 2.75) is 25.8 Å². The van der Waals surface area contributed by atoms with E-state index in [0.717, 1.165) is 31.0 Å². The Hall–Kier alpha value is -1.95. The quantitative estimate of drug-likeness (QED) is 0.911. The fraction of sp³-hybridized carbons (Fsp3) is 0.562. The van der Waals surface area contributed by atoms with Crippen LogP contribution in [0.1, 0.15) is 24.1 Å². The Labute approximate surface area is 131 Å². The molecule has 1 unspecified atom stereocenters. The van der Waals surface area contributed by atoms with E-state index in [1.54, 1.807) is 12.4 Å². The zero-order chi connectivity index (χ0) is 15.4. The van der Waals surface area contributed by atoms with E-state index < -0.39 is 0 Å². The number of rotatable bonds is 5. The van der Waals surface area contributed by atoms with Gasteiger partial charge in [0.1, 0.15) is 5.82 Å². The summed E-state index contributed by atoms with van der Waals surface area (Å²) in [5, 5.41) is 7.40. The van der Waals surface area contributed by atoms with E-state index in [9.17, 15) is 0 Å². The van der Waals surface area contributed by atoms with Crippen LogP contribution in [0.4, 0.5) is 5.82 Å². The second-order valence-electron chi connectivity index (χ2n) is 6.07. The fourth-order valence-corrected chi connectivity index (χ4v) is 3.27. The second kappa shape index (κ2) is 6.87. The maximum atomic E-state index is 4.50. The SMILES string of the molecule is CNc1nccnc1CC1CCCN(Cc2cnn(C)c2)C1. The Kier molecular flexibility index (Phi) is 4.68. The van der Waals surface area contributed by atoms with Gasteiger partial charge in [0.2, 0.25) is 0 Å². The van der Waals surface area contributed by atoms with Crippen molar-refractivity contribution < 1.29 is 0 Å². The first kappa shape index (κ1) is 15.0. The maximum Gasteiger partial charge on any atom is 0.147 e. The largest absolute Gasteiger partial charge is 0.372 e. The predicted octanol–water partition coefficient (Wildman–Crippen LogP) is 1.71. The average Bonchev–Trinajstić information content (AvgIpc) is 2.93. The highest BCUT2D eigenvalue weighted by atomic mass is 15.2. The Bertz CT molecular complexity index is 608. The van der Waals surface area contributed by atoms with Gasteiger partial charge in [0.05, 0.1) is 11.9 Å². The van der Waals surface area contributed by atoms with Crippen LogP contribution in [0.2, 0.25) is 0 Å². The lowest BCUT2D eigenvalue weighted by atomic mass is 9.93. The van der Waals surface area contributed by atoms with Crippen LogP contribution in [-0.4, -0.2) is 44.8 Å². The van der Waals surface area contributed by atoms with Crippen molar-refractivity contribution in [3.8, 4) is 0 Å². The number of nitrogens with zero attached hydrogens (tertiary/aromatic N) is 5. The molecule has 6 heteroatoms. The summed E-state index contributed by atoms with van der Waals surface area (Å²) in [5.41, 5.74) is 2.37. The average molecular weight is 300 g/mol. The molecule has 1 aliphatic heterocycles. The van der Waals surface area contributed by atoms with Crippen molar-refractivity contribution in [3.63, 3.8) is 0 Å². The van der Waals surface area contributed by atoms with Crippen molar-refractivity contribution in [1.82, 2.24) is 24.6 Å². The standard InChI is InChI=1S/C16H24N6/c1-17-16-15(18-5-6-19-16)8-13-4-3-7-22(11-13)12-14-9-20-21(2)10-14/h5-6,9-10,13H,3-4,7-8,11-12H2,1-2H3,(H,17,19). The molecular formula is C16H24N6. The van der Waals surface area contributed by atoms with E-state index >= 15 is 0 Å². The predicted molar refractivity (Wildman–Crippen MR) is 86.5 cm³/mol. The summed E-state index contributed by atoms with van der Waals surface area (Å²) in [6, 6.07) is 0. The van der Waals surface area contributed by atoms with Crippen LogP contribution in [0.5, 0.6) is 0 Å². The number of aromatic nitrogens is 4. The van der Waals surface area contributed by atoms with Crippen LogP contribution in [0.15, 0.2) is 24.8 Å². The summed E-state index contributed by atoms with van der Waals surface area (Å²) in [5.74, 6) is 1.56. The van der Waals surface area contributed by atoms with Gasteiger partial charge in [-0.05, 0) is 31.7 Å². The van der Waals surface area contributed by atoms with Gasteiger partial charge in [-0.2, -0.15) is 5.10 Å². The highest BCUT2D eigenvalue weighted by Gasteiger charge is 2.22. The maximum absolute atomic E-state index is 4.50. The number of hydrogen-bond donors (Lipinski definition) is 1. The van der Waals surface area contributed by atoms with Crippen LogP contribution in [0, 0.1) is 5.92 Å². The van der Waals surface area contributed by atoms with Gasteiger partial charge >= 0.3 is 0 Å². The molecule has 0 spiro atoms. The summed E-state index contributed by atoms with van der Waals surface area (Å²) >= 11 is 0. The van der Waals surface area contributed by atoms with Crippen LogP contribution in [-0.2, 0) is 20.0 Å². The molecule has 0 aromatic carbocycles. The van der Waals surface area contributed by atoms with Gasteiger partial charge in [0.15, 0.2) is 0 Å². The van der Waals surface area contributed by atoms with Crippen LogP contribution in [0.3, 0.4) is 0 Å². The van der Waals surface area contributed by atoms with Crippen molar-refractivity contribution in [2.75, 3.05) is 25.5 Å². The number of aryl methyl sites for hydroxylation is 1. The molecule has 3 rings (SSSR count). The Morgan fingerprint density at radius 3 is 2.95 bits per heavy atom. The zero-order valence-electron chi connectivity index (χ0n) is 13.4. The van der Waals surface area contributed by atoms with E-state index in [2.05, 4.69) is 31.5 Å². The molecular weight excluding hydrogens is 276 g/mol. The highest BCUT2D eigenvalue weighted by molar-refractivity contribution is 5.38. The molecule has 1 aliphatic rings. The van der Waals surface area contributed by atoms with Gasteiger partial charge in [-0.25, -0.2) is 4.98 Å². The first-order valence-corrected chi connectivity index (χ1v) is 7.92. The molecule has 1 atom stereocenters. The fourth-order valence-electron chi connectivity index (χ4n) is 3.27. The molecule has 1 N–H and O–H groups in total. The van der Waals surface area contributed by atoms with E-state index in [4.69, 9.17) is 0 Å². The molecule has 2 aromatic heterocycles. The summed E-state index contributed by atoms with van der Waals surface area (Å²) in [4.78, 5) is 11.4. The Morgan fingerprint density at radius 1 is 1.32 bits per heavy atom. The first-order chi connectivity index (χ1) is 10.7. The number of anilines is 1. The minimum Gasteiger partial charge on any atom is -0.372 e. The van der Waals surface area contributed by atoms with E-state index in [1.165, 1.54) is 24.9 Å².